The highest BCUT2D eigenvalue weighted by Gasteiger charge is 2.28. The van der Waals surface area contributed by atoms with E-state index in [1.807, 2.05) is 19.9 Å². The summed E-state index contributed by atoms with van der Waals surface area (Å²) in [4.78, 5) is 20.0. The van der Waals surface area contributed by atoms with Crippen LogP contribution in [0.1, 0.15) is 29.9 Å². The molecule has 152 valence electrons. The third-order valence-electron chi connectivity index (χ3n) is 4.44. The van der Waals surface area contributed by atoms with Gasteiger partial charge in [0.1, 0.15) is 0 Å². The van der Waals surface area contributed by atoms with Gasteiger partial charge in [0.25, 0.3) is 5.91 Å². The van der Waals surface area contributed by atoms with E-state index in [9.17, 15) is 9.18 Å². The predicted molar refractivity (Wildman–Crippen MR) is 115 cm³/mol. The molecule has 0 aliphatic carbocycles. The van der Waals surface area contributed by atoms with Crippen LogP contribution in [0.2, 0.25) is 0 Å². The number of nitrogens with one attached hydrogen (secondary N) is 3. The maximum Gasteiger partial charge on any atom is 0.255 e. The Kier molecular flexibility index (Phi) is 6.53. The Morgan fingerprint density at radius 3 is 2.79 bits per heavy atom. The minimum Gasteiger partial charge on any atom is -0.492 e. The van der Waals surface area contributed by atoms with Gasteiger partial charge >= 0.3 is 0 Å². The summed E-state index contributed by atoms with van der Waals surface area (Å²) in [7, 11) is 1.41. The van der Waals surface area contributed by atoms with Crippen LogP contribution < -0.4 is 15.4 Å². The zero-order chi connectivity index (χ0) is 21.0. The number of halogens is 2. The molecule has 8 heteroatoms. The van der Waals surface area contributed by atoms with Crippen LogP contribution in [0.4, 0.5) is 15.8 Å². The number of methoxy groups -OCH3 is 1. The van der Waals surface area contributed by atoms with Crippen LogP contribution in [-0.2, 0) is 6.42 Å². The molecule has 1 aromatic carbocycles. The normalized spacial score (nSPS) is 12.4. The van der Waals surface area contributed by atoms with Crippen molar-refractivity contribution in [2.45, 2.75) is 20.3 Å². The molecular formula is C21H22BrFN4O2. The molecule has 3 aromatic rings. The molecule has 0 saturated heterocycles. The molecule has 1 aliphatic rings. The Balaban J connectivity index is 0.00000117. The molecule has 3 heterocycles. The van der Waals surface area contributed by atoms with Crippen LogP contribution in [0.5, 0.6) is 5.75 Å². The third kappa shape index (κ3) is 3.98. The summed E-state index contributed by atoms with van der Waals surface area (Å²) in [5, 5.41) is 6.05. The number of para-hydroxylation sites is 1. The van der Waals surface area contributed by atoms with Crippen molar-refractivity contribution in [3.8, 4) is 17.0 Å². The number of pyridine rings is 1. The molecule has 0 radical (unpaired) electrons. The summed E-state index contributed by atoms with van der Waals surface area (Å²) in [5.41, 5.74) is 3.91. The number of aromatic amines is 1. The number of carbonyl (C=O) groups excluding carboxylic acids is 1. The molecule has 0 fully saturated rings. The van der Waals surface area contributed by atoms with Crippen molar-refractivity contribution < 1.29 is 13.9 Å². The number of H-pyrrole nitrogens is 1. The molecular weight excluding hydrogens is 439 g/mol. The third-order valence-corrected chi connectivity index (χ3v) is 5.07. The zero-order valence-corrected chi connectivity index (χ0v) is 18.0. The van der Waals surface area contributed by atoms with E-state index in [0.29, 0.717) is 29.9 Å². The number of ether oxygens (including phenoxy) is 1. The lowest BCUT2D eigenvalue weighted by Gasteiger charge is -2.16. The summed E-state index contributed by atoms with van der Waals surface area (Å²) < 4.78 is 20.1. The standard InChI is InChI=1S/C19H16BrFN4O2.C2H6/c1-27-18-12(21)3-2-4-14(18)25-17-15-13(6-8-23-19(15)26)24-16(17)10-5-7-22-9-11(10)20;1-2/h2-5,7,9,24-25H,6,8H2,1H3,(H,23,26);1-2H3. The Morgan fingerprint density at radius 1 is 1.28 bits per heavy atom. The van der Waals surface area contributed by atoms with Gasteiger partial charge in [-0.05, 0) is 34.1 Å². The molecule has 1 amide bonds. The Bertz CT molecular complexity index is 1040. The molecule has 4 rings (SSSR count). The second-order valence-corrected chi connectivity index (χ2v) is 6.89. The molecule has 3 N–H and O–H groups in total. The highest BCUT2D eigenvalue weighted by molar-refractivity contribution is 9.10. The predicted octanol–water partition coefficient (Wildman–Crippen LogP) is 5.04. The molecule has 0 saturated carbocycles. The zero-order valence-electron chi connectivity index (χ0n) is 16.4. The van der Waals surface area contributed by atoms with E-state index in [1.165, 1.54) is 13.2 Å². The minimum absolute atomic E-state index is 0.0865. The fourth-order valence-electron chi connectivity index (χ4n) is 3.23. The first kappa shape index (κ1) is 20.9. The second-order valence-electron chi connectivity index (χ2n) is 6.04. The maximum atomic E-state index is 14.1. The van der Waals surface area contributed by atoms with E-state index < -0.39 is 5.82 Å². The summed E-state index contributed by atoms with van der Waals surface area (Å²) in [6, 6.07) is 6.45. The quantitative estimate of drug-likeness (QED) is 0.509. The van der Waals surface area contributed by atoms with E-state index in [2.05, 4.69) is 36.5 Å². The van der Waals surface area contributed by atoms with E-state index in [0.717, 1.165) is 21.4 Å². The van der Waals surface area contributed by atoms with Crippen LogP contribution in [-0.4, -0.2) is 29.5 Å². The van der Waals surface area contributed by atoms with Crippen molar-refractivity contribution in [1.82, 2.24) is 15.3 Å². The van der Waals surface area contributed by atoms with Gasteiger partial charge in [-0.25, -0.2) is 4.39 Å². The van der Waals surface area contributed by atoms with Crippen LogP contribution in [0, 0.1) is 5.82 Å². The van der Waals surface area contributed by atoms with E-state index in [-0.39, 0.29) is 11.7 Å². The van der Waals surface area contributed by atoms with E-state index >= 15 is 0 Å². The number of benzene rings is 1. The molecule has 0 spiro atoms. The molecule has 1 aliphatic heterocycles. The Labute approximate surface area is 177 Å². The lowest BCUT2D eigenvalue weighted by atomic mass is 10.1. The lowest BCUT2D eigenvalue weighted by molar-refractivity contribution is 0.0947. The SMILES string of the molecule is CC.COc1c(F)cccc1Nc1c(-c2ccncc2Br)[nH]c2c1C(=O)NCC2. The van der Waals surface area contributed by atoms with Gasteiger partial charge in [0.05, 0.1) is 29.7 Å². The first-order chi connectivity index (χ1) is 14.1. The second kappa shape index (κ2) is 9.09. The largest absolute Gasteiger partial charge is 0.492 e. The number of amides is 1. The average molecular weight is 461 g/mol. The molecule has 29 heavy (non-hydrogen) atoms. The number of anilines is 2. The molecule has 0 bridgehead atoms. The summed E-state index contributed by atoms with van der Waals surface area (Å²) in [6.45, 7) is 4.56. The van der Waals surface area contributed by atoms with Crippen LogP contribution in [0.3, 0.4) is 0 Å². The molecule has 0 unspecified atom stereocenters. The van der Waals surface area contributed by atoms with Gasteiger partial charge in [0.2, 0.25) is 0 Å². The Morgan fingerprint density at radius 2 is 2.07 bits per heavy atom. The van der Waals surface area contributed by atoms with Crippen molar-refractivity contribution in [2.24, 2.45) is 0 Å². The monoisotopic (exact) mass is 460 g/mol. The highest BCUT2D eigenvalue weighted by Crippen LogP contribution is 2.41. The summed E-state index contributed by atoms with van der Waals surface area (Å²) >= 11 is 3.51. The van der Waals surface area contributed by atoms with Gasteiger partial charge in [-0.1, -0.05) is 19.9 Å². The number of carbonyl (C=O) groups is 1. The number of hydrogen-bond donors (Lipinski definition) is 3. The van der Waals surface area contributed by atoms with Gasteiger partial charge in [-0.3, -0.25) is 9.78 Å². The fourth-order valence-corrected chi connectivity index (χ4v) is 3.68. The molecule has 2 aromatic heterocycles. The summed E-state index contributed by atoms with van der Waals surface area (Å²) in [6.07, 6.45) is 4.03. The van der Waals surface area contributed by atoms with E-state index in [1.54, 1.807) is 24.5 Å². The topological polar surface area (TPSA) is 79.0 Å². The average Bonchev–Trinajstić information content (AvgIpc) is 3.09. The number of aromatic nitrogens is 2. The maximum absolute atomic E-state index is 14.1. The van der Waals surface area contributed by atoms with Gasteiger partial charge in [0, 0.05) is 41.1 Å². The van der Waals surface area contributed by atoms with Crippen LogP contribution in [0.25, 0.3) is 11.3 Å². The van der Waals surface area contributed by atoms with Gasteiger partial charge < -0.3 is 20.4 Å². The molecule has 6 nitrogen and oxygen atoms in total. The van der Waals surface area contributed by atoms with Crippen molar-refractivity contribution in [1.29, 1.82) is 0 Å². The van der Waals surface area contributed by atoms with Crippen LogP contribution in [0.15, 0.2) is 41.1 Å². The number of fused-ring (bicyclic) bond motifs is 1. The van der Waals surface area contributed by atoms with Crippen LogP contribution >= 0.6 is 15.9 Å². The Hall–Kier alpha value is -2.87. The number of rotatable bonds is 4. The highest BCUT2D eigenvalue weighted by atomic mass is 79.9. The first-order valence-corrected chi connectivity index (χ1v) is 10.1. The fraction of sp³-hybridized carbons (Fsp3) is 0.238. The van der Waals surface area contributed by atoms with Crippen molar-refractivity contribution in [2.75, 3.05) is 19.0 Å². The summed E-state index contributed by atoms with van der Waals surface area (Å²) in [5.74, 6) is -0.576. The smallest absolute Gasteiger partial charge is 0.255 e. The van der Waals surface area contributed by atoms with Crippen molar-refractivity contribution in [3.63, 3.8) is 0 Å². The van der Waals surface area contributed by atoms with Crippen molar-refractivity contribution in [3.05, 3.63) is 58.2 Å². The molecule has 0 atom stereocenters. The van der Waals surface area contributed by atoms with Gasteiger partial charge in [-0.2, -0.15) is 0 Å². The number of nitrogens with zero attached hydrogens (tertiary/aromatic N) is 1. The van der Waals surface area contributed by atoms with Gasteiger partial charge in [-0.15, -0.1) is 0 Å². The number of hydrogen-bond acceptors (Lipinski definition) is 4. The van der Waals surface area contributed by atoms with Crippen molar-refractivity contribution >= 4 is 33.2 Å². The van der Waals surface area contributed by atoms with E-state index in [4.69, 9.17) is 4.74 Å². The lowest BCUT2D eigenvalue weighted by Crippen LogP contribution is -2.31. The minimum atomic E-state index is -0.483. The first-order valence-electron chi connectivity index (χ1n) is 9.32. The van der Waals surface area contributed by atoms with Gasteiger partial charge in [0.15, 0.2) is 11.6 Å².